The number of sulfone groups is 1. The number of para-hydroxylation sites is 1. The van der Waals surface area contributed by atoms with Gasteiger partial charge in [-0.25, -0.2) is 8.42 Å². The van der Waals surface area contributed by atoms with Gasteiger partial charge in [-0.05, 0) is 37.1 Å². The molecule has 10 heteroatoms. The number of benzene rings is 2. The van der Waals surface area contributed by atoms with Crippen LogP contribution in [0.25, 0.3) is 28.0 Å². The van der Waals surface area contributed by atoms with Crippen LogP contribution in [0, 0.1) is 6.92 Å². The Balaban J connectivity index is 1.46. The van der Waals surface area contributed by atoms with E-state index in [1.807, 2.05) is 60.2 Å². The zero-order valence-corrected chi connectivity index (χ0v) is 20.6. The van der Waals surface area contributed by atoms with E-state index in [4.69, 9.17) is 0 Å². The zero-order chi connectivity index (χ0) is 23.9. The Hall–Kier alpha value is -3.11. The first-order valence-electron chi connectivity index (χ1n) is 11.0. The number of aryl methyl sites for hydroxylation is 1. The molecule has 1 amide bonds. The van der Waals surface area contributed by atoms with Crippen LogP contribution in [0.1, 0.15) is 12.0 Å². The maximum Gasteiger partial charge on any atom is 0.233 e. The van der Waals surface area contributed by atoms with Crippen molar-refractivity contribution in [3.05, 3.63) is 60.3 Å². The van der Waals surface area contributed by atoms with E-state index in [9.17, 15) is 13.2 Å². The first-order chi connectivity index (χ1) is 16.3. The van der Waals surface area contributed by atoms with Gasteiger partial charge in [0.15, 0.2) is 20.8 Å². The molecule has 0 radical (unpaired) electrons. The Bertz CT molecular complexity index is 1470. The van der Waals surface area contributed by atoms with E-state index in [2.05, 4.69) is 21.2 Å². The van der Waals surface area contributed by atoms with Crippen LogP contribution in [-0.2, 0) is 14.6 Å². The highest BCUT2D eigenvalue weighted by Gasteiger charge is 2.33. The molecular formula is C24H25N5O3S2. The van der Waals surface area contributed by atoms with Gasteiger partial charge in [-0.2, -0.15) is 0 Å². The van der Waals surface area contributed by atoms with Gasteiger partial charge in [0.1, 0.15) is 0 Å². The molecular weight excluding hydrogens is 470 g/mol. The number of fused-ring (bicyclic) bond motifs is 1. The smallest absolute Gasteiger partial charge is 0.233 e. The van der Waals surface area contributed by atoms with Crippen LogP contribution in [-0.4, -0.2) is 69.3 Å². The average molecular weight is 496 g/mol. The molecule has 5 rings (SSSR count). The van der Waals surface area contributed by atoms with E-state index < -0.39 is 9.84 Å². The Morgan fingerprint density at radius 2 is 2.03 bits per heavy atom. The topological polar surface area (TPSA) is 101 Å². The van der Waals surface area contributed by atoms with E-state index in [0.29, 0.717) is 17.4 Å². The lowest BCUT2D eigenvalue weighted by Gasteiger charge is -2.23. The minimum Gasteiger partial charge on any atom is -0.360 e. The lowest BCUT2D eigenvalue weighted by Crippen LogP contribution is -2.38. The minimum absolute atomic E-state index is 0.0318. The summed E-state index contributed by atoms with van der Waals surface area (Å²) >= 11 is 1.30. The van der Waals surface area contributed by atoms with Crippen molar-refractivity contribution < 1.29 is 13.2 Å². The highest BCUT2D eigenvalue weighted by molar-refractivity contribution is 7.99. The van der Waals surface area contributed by atoms with Crippen LogP contribution >= 0.6 is 11.8 Å². The van der Waals surface area contributed by atoms with Gasteiger partial charge < -0.3 is 9.88 Å². The van der Waals surface area contributed by atoms with Crippen molar-refractivity contribution in [2.75, 3.05) is 24.3 Å². The predicted molar refractivity (Wildman–Crippen MR) is 134 cm³/mol. The molecule has 1 N–H and O–H groups in total. The summed E-state index contributed by atoms with van der Waals surface area (Å²) in [7, 11) is -1.38. The van der Waals surface area contributed by atoms with Gasteiger partial charge in [0.25, 0.3) is 0 Å². The number of thioether (sulfide) groups is 1. The van der Waals surface area contributed by atoms with Crippen LogP contribution < -0.4 is 0 Å². The number of amides is 1. The predicted octanol–water partition coefficient (Wildman–Crippen LogP) is 3.46. The van der Waals surface area contributed by atoms with Crippen molar-refractivity contribution in [2.24, 2.45) is 0 Å². The molecule has 0 unspecified atom stereocenters. The number of carbonyl (C=O) groups is 1. The van der Waals surface area contributed by atoms with Gasteiger partial charge in [0, 0.05) is 41.4 Å². The quantitative estimate of drug-likeness (QED) is 0.411. The Morgan fingerprint density at radius 1 is 1.21 bits per heavy atom. The van der Waals surface area contributed by atoms with Crippen LogP contribution in [0.2, 0.25) is 0 Å². The minimum atomic E-state index is -3.06. The normalized spacial score (nSPS) is 17.3. The summed E-state index contributed by atoms with van der Waals surface area (Å²) in [6, 6.07) is 15.8. The van der Waals surface area contributed by atoms with Crippen molar-refractivity contribution in [1.82, 2.24) is 24.6 Å². The second-order valence-electron chi connectivity index (χ2n) is 8.58. The summed E-state index contributed by atoms with van der Waals surface area (Å²) in [5, 5.41) is 10.6. The number of aromatic nitrogens is 4. The van der Waals surface area contributed by atoms with E-state index in [1.54, 1.807) is 11.9 Å². The average Bonchev–Trinajstić information content (AvgIpc) is 3.52. The molecule has 0 saturated carbocycles. The molecule has 8 nitrogen and oxygen atoms in total. The van der Waals surface area contributed by atoms with Crippen LogP contribution in [0.5, 0.6) is 0 Å². The standard InChI is InChI=1S/C24H25N5O3S2/c1-16-6-5-7-17(12-16)29-23(20-13-25-21-9-4-3-8-19(20)21)26-27-24(29)33-14-22(30)28(2)18-10-11-34(31,32)15-18/h3-9,12-13,18,25H,10-11,14-15H2,1-2H3/t18-/m1/s1. The molecule has 1 saturated heterocycles. The maximum absolute atomic E-state index is 12.9. The van der Waals surface area contributed by atoms with Crippen LogP contribution in [0.15, 0.2) is 59.9 Å². The molecule has 34 heavy (non-hydrogen) atoms. The number of H-pyrrole nitrogens is 1. The molecule has 0 bridgehead atoms. The Morgan fingerprint density at radius 3 is 2.79 bits per heavy atom. The number of carbonyl (C=O) groups excluding carboxylic acids is 1. The summed E-state index contributed by atoms with van der Waals surface area (Å²) in [5.74, 6) is 0.875. The molecule has 0 spiro atoms. The van der Waals surface area contributed by atoms with Crippen molar-refractivity contribution in [2.45, 2.75) is 24.5 Å². The van der Waals surface area contributed by atoms with Crippen LogP contribution in [0.3, 0.4) is 0 Å². The monoisotopic (exact) mass is 495 g/mol. The second-order valence-corrected chi connectivity index (χ2v) is 11.7. The number of nitrogens with one attached hydrogen (secondary N) is 1. The summed E-state index contributed by atoms with van der Waals surface area (Å²) in [6.07, 6.45) is 2.41. The fraction of sp³-hybridized carbons (Fsp3) is 0.292. The number of hydrogen-bond acceptors (Lipinski definition) is 6. The summed E-state index contributed by atoms with van der Waals surface area (Å²) in [6.45, 7) is 2.03. The fourth-order valence-corrected chi connectivity index (χ4v) is 6.96. The third-order valence-electron chi connectivity index (χ3n) is 6.20. The fourth-order valence-electron chi connectivity index (χ4n) is 4.31. The molecule has 176 valence electrons. The first kappa shape index (κ1) is 22.7. The molecule has 1 atom stereocenters. The van der Waals surface area contributed by atoms with Gasteiger partial charge in [-0.1, -0.05) is 42.1 Å². The van der Waals surface area contributed by atoms with E-state index in [-0.39, 0.29) is 29.2 Å². The van der Waals surface area contributed by atoms with Crippen LogP contribution in [0.4, 0.5) is 0 Å². The van der Waals surface area contributed by atoms with E-state index in [1.165, 1.54) is 11.8 Å². The van der Waals surface area contributed by atoms with Crippen molar-refractivity contribution >= 4 is 38.4 Å². The number of hydrogen-bond donors (Lipinski definition) is 1. The third-order valence-corrected chi connectivity index (χ3v) is 8.86. The second kappa shape index (κ2) is 8.92. The third kappa shape index (κ3) is 4.35. The molecule has 4 aromatic rings. The molecule has 1 fully saturated rings. The number of aromatic amines is 1. The SMILES string of the molecule is Cc1cccc(-n2c(SCC(=O)N(C)[C@@H]3CCS(=O)(=O)C3)nnc2-c2c[nH]c3ccccc23)c1. The van der Waals surface area contributed by atoms with Gasteiger partial charge >= 0.3 is 0 Å². The highest BCUT2D eigenvalue weighted by atomic mass is 32.2. The zero-order valence-electron chi connectivity index (χ0n) is 18.9. The van der Waals surface area contributed by atoms with Crippen molar-refractivity contribution in [3.8, 4) is 17.1 Å². The van der Waals surface area contributed by atoms with E-state index in [0.717, 1.165) is 27.7 Å². The summed E-state index contributed by atoms with van der Waals surface area (Å²) in [5.41, 5.74) is 3.95. The molecule has 1 aliphatic rings. The van der Waals surface area contributed by atoms with E-state index >= 15 is 0 Å². The number of rotatable bonds is 6. The summed E-state index contributed by atoms with van der Waals surface area (Å²) in [4.78, 5) is 17.7. The van der Waals surface area contributed by atoms with Gasteiger partial charge in [-0.15, -0.1) is 10.2 Å². The Kier molecular flexibility index (Phi) is 5.95. The van der Waals surface area contributed by atoms with Gasteiger partial charge in [0.05, 0.1) is 17.3 Å². The lowest BCUT2D eigenvalue weighted by atomic mass is 10.1. The largest absolute Gasteiger partial charge is 0.360 e. The molecule has 2 aromatic carbocycles. The van der Waals surface area contributed by atoms with Gasteiger partial charge in [0.2, 0.25) is 5.91 Å². The van der Waals surface area contributed by atoms with Gasteiger partial charge in [-0.3, -0.25) is 9.36 Å². The first-order valence-corrected chi connectivity index (χ1v) is 13.8. The lowest BCUT2D eigenvalue weighted by molar-refractivity contribution is -0.128. The Labute approximate surface area is 202 Å². The molecule has 3 heterocycles. The summed E-state index contributed by atoms with van der Waals surface area (Å²) < 4.78 is 25.6. The van der Waals surface area contributed by atoms with Crippen molar-refractivity contribution in [1.29, 1.82) is 0 Å². The van der Waals surface area contributed by atoms with Crippen molar-refractivity contribution in [3.63, 3.8) is 0 Å². The molecule has 0 aliphatic carbocycles. The molecule has 2 aromatic heterocycles. The number of nitrogens with zero attached hydrogens (tertiary/aromatic N) is 4. The highest BCUT2D eigenvalue weighted by Crippen LogP contribution is 2.32. The maximum atomic E-state index is 12.9. The molecule has 1 aliphatic heterocycles.